The summed E-state index contributed by atoms with van der Waals surface area (Å²) in [4.78, 5) is 13.4. The van der Waals surface area contributed by atoms with Crippen LogP contribution in [0.5, 0.6) is 11.5 Å². The molecule has 0 fully saturated rings. The number of carbonyl (C=O) groups is 1. The summed E-state index contributed by atoms with van der Waals surface area (Å²) in [6.45, 7) is 0. The molecule has 0 heterocycles. The zero-order chi connectivity index (χ0) is 15.1. The van der Waals surface area contributed by atoms with Crippen molar-refractivity contribution in [2.45, 2.75) is 0 Å². The third-order valence-corrected chi connectivity index (χ3v) is 2.62. The molecule has 0 spiro atoms. The van der Waals surface area contributed by atoms with Crippen LogP contribution in [0.3, 0.4) is 0 Å². The fraction of sp³-hybridized carbons (Fsp3) is 0.118. The molecule has 0 saturated carbocycles. The van der Waals surface area contributed by atoms with Crippen molar-refractivity contribution in [3.63, 3.8) is 0 Å². The highest BCUT2D eigenvalue weighted by Crippen LogP contribution is 2.22. The predicted molar refractivity (Wildman–Crippen MR) is 84.4 cm³/mol. The van der Waals surface area contributed by atoms with Gasteiger partial charge < -0.3 is 15.0 Å². The summed E-state index contributed by atoms with van der Waals surface area (Å²) in [5, 5.41) is 2.78. The van der Waals surface area contributed by atoms with Crippen molar-refractivity contribution < 1.29 is 9.53 Å². The number of benzene rings is 2. The minimum Gasteiger partial charge on any atom is -0.457 e. The molecule has 2 aromatic rings. The monoisotopic (exact) mass is 282 g/mol. The molecular weight excluding hydrogens is 264 g/mol. The number of nitrogens with zero attached hydrogens (tertiary/aromatic N) is 1. The molecule has 2 rings (SSSR count). The highest BCUT2D eigenvalue weighted by Gasteiger charge is 2.00. The Hall–Kier alpha value is -2.75. The van der Waals surface area contributed by atoms with E-state index < -0.39 is 0 Å². The summed E-state index contributed by atoms with van der Waals surface area (Å²) in [6, 6.07) is 16.8. The van der Waals surface area contributed by atoms with Crippen molar-refractivity contribution in [1.29, 1.82) is 0 Å². The molecule has 0 unspecified atom stereocenters. The molecule has 0 radical (unpaired) electrons. The van der Waals surface area contributed by atoms with E-state index in [1.807, 2.05) is 56.6 Å². The quantitative estimate of drug-likeness (QED) is 0.853. The normalized spacial score (nSPS) is 10.4. The average molecular weight is 282 g/mol. The van der Waals surface area contributed by atoms with E-state index in [1.165, 1.54) is 6.08 Å². The maximum Gasteiger partial charge on any atom is 0.249 e. The van der Waals surface area contributed by atoms with Crippen LogP contribution in [0.2, 0.25) is 0 Å². The molecule has 1 amide bonds. The van der Waals surface area contributed by atoms with Crippen LogP contribution in [0.1, 0.15) is 0 Å². The average Bonchev–Trinajstić information content (AvgIpc) is 2.48. The first-order valence-electron chi connectivity index (χ1n) is 6.62. The number of anilines is 1. The third-order valence-electron chi connectivity index (χ3n) is 2.62. The lowest BCUT2D eigenvalue weighted by Crippen LogP contribution is -2.10. The number of para-hydroxylation sites is 1. The van der Waals surface area contributed by atoms with Gasteiger partial charge in [-0.15, -0.1) is 0 Å². The molecule has 4 heteroatoms. The number of ether oxygens (including phenoxy) is 1. The molecule has 0 aliphatic rings. The second-order valence-corrected chi connectivity index (χ2v) is 4.71. The zero-order valence-electron chi connectivity index (χ0n) is 12.1. The summed E-state index contributed by atoms with van der Waals surface area (Å²) in [6.07, 6.45) is 3.18. The van der Waals surface area contributed by atoms with Gasteiger partial charge in [0.05, 0.1) is 0 Å². The highest BCUT2D eigenvalue weighted by molar-refractivity contribution is 5.99. The molecule has 0 saturated heterocycles. The lowest BCUT2D eigenvalue weighted by atomic mass is 10.3. The first-order valence-corrected chi connectivity index (χ1v) is 6.62. The minimum atomic E-state index is -0.166. The first kappa shape index (κ1) is 14.7. The van der Waals surface area contributed by atoms with Crippen LogP contribution in [0.15, 0.2) is 66.9 Å². The SMILES string of the molecule is CN(C)/C=C/C(=O)Nc1ccc(Oc2ccccc2)cc1. The van der Waals surface area contributed by atoms with Crippen LogP contribution in [0.4, 0.5) is 5.69 Å². The van der Waals surface area contributed by atoms with Crippen molar-refractivity contribution in [2.75, 3.05) is 19.4 Å². The molecular formula is C17H18N2O2. The number of rotatable bonds is 5. The number of amides is 1. The predicted octanol–water partition coefficient (Wildman–Crippen LogP) is 3.49. The van der Waals surface area contributed by atoms with Crippen LogP contribution >= 0.6 is 0 Å². The molecule has 0 aliphatic carbocycles. The molecule has 0 atom stereocenters. The Kier molecular flexibility index (Phi) is 4.99. The summed E-state index contributed by atoms with van der Waals surface area (Å²) in [5.74, 6) is 1.34. The highest BCUT2D eigenvalue weighted by atomic mass is 16.5. The maximum absolute atomic E-state index is 11.6. The maximum atomic E-state index is 11.6. The van der Waals surface area contributed by atoms with Gasteiger partial charge in [-0.2, -0.15) is 0 Å². The Morgan fingerprint density at radius 1 is 1.00 bits per heavy atom. The Bertz CT molecular complexity index is 604. The Labute approximate surface area is 124 Å². The Balaban J connectivity index is 1.94. The first-order chi connectivity index (χ1) is 10.1. The van der Waals surface area contributed by atoms with E-state index in [-0.39, 0.29) is 5.91 Å². The van der Waals surface area contributed by atoms with Gasteiger partial charge in [0.25, 0.3) is 0 Å². The van der Waals surface area contributed by atoms with Gasteiger partial charge in [-0.05, 0) is 36.4 Å². The summed E-state index contributed by atoms with van der Waals surface area (Å²) in [5.41, 5.74) is 0.726. The van der Waals surface area contributed by atoms with Crippen LogP contribution in [0, 0.1) is 0 Å². The lowest BCUT2D eigenvalue weighted by Gasteiger charge is -2.07. The summed E-state index contributed by atoms with van der Waals surface area (Å²) >= 11 is 0. The number of carbonyl (C=O) groups excluding carboxylic acids is 1. The zero-order valence-corrected chi connectivity index (χ0v) is 12.1. The van der Waals surface area contributed by atoms with Gasteiger partial charge in [-0.3, -0.25) is 4.79 Å². The second kappa shape index (κ2) is 7.14. The topological polar surface area (TPSA) is 41.6 Å². The van der Waals surface area contributed by atoms with Gasteiger partial charge >= 0.3 is 0 Å². The van der Waals surface area contributed by atoms with Crippen molar-refractivity contribution in [3.8, 4) is 11.5 Å². The van der Waals surface area contributed by atoms with Gasteiger partial charge in [0.15, 0.2) is 0 Å². The van der Waals surface area contributed by atoms with Gasteiger partial charge in [-0.1, -0.05) is 18.2 Å². The molecule has 108 valence electrons. The van der Waals surface area contributed by atoms with E-state index in [2.05, 4.69) is 5.32 Å². The van der Waals surface area contributed by atoms with E-state index in [4.69, 9.17) is 4.74 Å². The Morgan fingerprint density at radius 3 is 2.24 bits per heavy atom. The van der Waals surface area contributed by atoms with Gasteiger partial charge in [0, 0.05) is 32.1 Å². The van der Waals surface area contributed by atoms with E-state index in [0.29, 0.717) is 0 Å². The Morgan fingerprint density at radius 2 is 1.62 bits per heavy atom. The van der Waals surface area contributed by atoms with Crippen molar-refractivity contribution in [3.05, 3.63) is 66.9 Å². The largest absolute Gasteiger partial charge is 0.457 e. The molecule has 0 aliphatic heterocycles. The molecule has 21 heavy (non-hydrogen) atoms. The van der Waals surface area contributed by atoms with Gasteiger partial charge in [0.1, 0.15) is 11.5 Å². The molecule has 0 aromatic heterocycles. The standard InChI is InChI=1S/C17H18N2O2/c1-19(2)13-12-17(20)18-14-8-10-16(11-9-14)21-15-6-4-3-5-7-15/h3-13H,1-2H3,(H,18,20)/b13-12+. The molecule has 1 N–H and O–H groups in total. The van der Waals surface area contributed by atoms with Crippen LogP contribution in [-0.4, -0.2) is 24.9 Å². The van der Waals surface area contributed by atoms with E-state index in [9.17, 15) is 4.79 Å². The molecule has 0 bridgehead atoms. The van der Waals surface area contributed by atoms with E-state index in [0.717, 1.165) is 17.2 Å². The number of nitrogens with one attached hydrogen (secondary N) is 1. The molecule has 2 aromatic carbocycles. The van der Waals surface area contributed by atoms with Gasteiger partial charge in [-0.25, -0.2) is 0 Å². The van der Waals surface area contributed by atoms with Crippen LogP contribution in [-0.2, 0) is 4.79 Å². The second-order valence-electron chi connectivity index (χ2n) is 4.71. The lowest BCUT2D eigenvalue weighted by molar-refractivity contribution is -0.112. The van der Waals surface area contributed by atoms with Crippen molar-refractivity contribution in [1.82, 2.24) is 4.90 Å². The van der Waals surface area contributed by atoms with Gasteiger partial charge in [0.2, 0.25) is 5.91 Å². The smallest absolute Gasteiger partial charge is 0.249 e. The summed E-state index contributed by atoms with van der Waals surface area (Å²) in [7, 11) is 3.72. The fourth-order valence-electron chi connectivity index (χ4n) is 1.63. The number of hydrogen-bond acceptors (Lipinski definition) is 3. The van der Waals surface area contributed by atoms with E-state index in [1.54, 1.807) is 23.2 Å². The summed E-state index contributed by atoms with van der Waals surface area (Å²) < 4.78 is 5.68. The van der Waals surface area contributed by atoms with Crippen molar-refractivity contribution in [2.24, 2.45) is 0 Å². The van der Waals surface area contributed by atoms with Crippen LogP contribution < -0.4 is 10.1 Å². The third kappa shape index (κ3) is 5.03. The van der Waals surface area contributed by atoms with Crippen molar-refractivity contribution >= 4 is 11.6 Å². The number of hydrogen-bond donors (Lipinski definition) is 1. The minimum absolute atomic E-state index is 0.166. The molecule has 4 nitrogen and oxygen atoms in total. The van der Waals surface area contributed by atoms with E-state index >= 15 is 0 Å². The fourth-order valence-corrected chi connectivity index (χ4v) is 1.63. The van der Waals surface area contributed by atoms with Crippen LogP contribution in [0.25, 0.3) is 0 Å².